The van der Waals surface area contributed by atoms with Crippen LogP contribution < -0.4 is 4.74 Å². The second-order valence-corrected chi connectivity index (χ2v) is 7.16. The average molecular weight is 400 g/mol. The van der Waals surface area contributed by atoms with E-state index in [0.29, 0.717) is 35.3 Å². The number of cyclic esters (lactones) is 1. The van der Waals surface area contributed by atoms with Crippen LogP contribution in [0.4, 0.5) is 0 Å². The molecule has 0 saturated heterocycles. The van der Waals surface area contributed by atoms with E-state index in [1.807, 2.05) is 0 Å². The minimum atomic E-state index is -1.55. The molecular weight excluding hydrogens is 376 g/mol. The topological polar surface area (TPSA) is 113 Å². The molecule has 2 bridgehead atoms. The van der Waals surface area contributed by atoms with Crippen LogP contribution in [-0.4, -0.2) is 46.4 Å². The van der Waals surface area contributed by atoms with Gasteiger partial charge in [0, 0.05) is 18.1 Å². The van der Waals surface area contributed by atoms with Crippen molar-refractivity contribution < 1.29 is 34.4 Å². The molecule has 1 heterocycles. The van der Waals surface area contributed by atoms with Gasteiger partial charge in [-0.05, 0) is 43.0 Å². The molecule has 3 atom stereocenters. The molecule has 3 rings (SSSR count). The summed E-state index contributed by atoms with van der Waals surface area (Å²) in [6, 6.07) is 9.36. The van der Waals surface area contributed by atoms with E-state index < -0.39 is 30.1 Å². The van der Waals surface area contributed by atoms with E-state index >= 15 is 0 Å². The number of Topliss-reactive ketones (excluding diaryl/α,β-unsaturated/α-hetero) is 1. The van der Waals surface area contributed by atoms with Gasteiger partial charge in [-0.2, -0.15) is 0 Å². The number of ketones is 1. The number of rotatable bonds is 1. The Morgan fingerprint density at radius 1 is 1.10 bits per heavy atom. The van der Waals surface area contributed by atoms with Crippen LogP contribution in [0.25, 0.3) is 11.1 Å². The number of aromatic hydroxyl groups is 1. The SMILES string of the molecule is COc1cc(O)c2c(c1)-c1cccc(c1)[C@H](O)[C@H](O)C(=O)CCC[C@H](C)OC2=O. The third-order valence-corrected chi connectivity index (χ3v) is 5.04. The van der Waals surface area contributed by atoms with Gasteiger partial charge in [-0.15, -0.1) is 0 Å². The first kappa shape index (κ1) is 20.8. The molecule has 0 saturated carbocycles. The summed E-state index contributed by atoms with van der Waals surface area (Å²) in [4.78, 5) is 25.0. The van der Waals surface area contributed by atoms with Crippen molar-refractivity contribution in [3.05, 3.63) is 47.5 Å². The third-order valence-electron chi connectivity index (χ3n) is 5.04. The van der Waals surface area contributed by atoms with Crippen LogP contribution in [0.3, 0.4) is 0 Å². The zero-order valence-electron chi connectivity index (χ0n) is 16.3. The van der Waals surface area contributed by atoms with Crippen LogP contribution in [-0.2, 0) is 9.53 Å². The highest BCUT2D eigenvalue weighted by atomic mass is 16.5. The summed E-state index contributed by atoms with van der Waals surface area (Å²) < 4.78 is 10.7. The lowest BCUT2D eigenvalue weighted by Crippen LogP contribution is -2.28. The maximum absolute atomic E-state index is 12.8. The van der Waals surface area contributed by atoms with Gasteiger partial charge in [0.15, 0.2) is 5.78 Å². The summed E-state index contributed by atoms with van der Waals surface area (Å²) in [6.45, 7) is 1.69. The number of hydrogen-bond donors (Lipinski definition) is 3. The van der Waals surface area contributed by atoms with E-state index in [2.05, 4.69) is 0 Å². The summed E-state index contributed by atoms with van der Waals surface area (Å²) in [6.07, 6.45) is -2.61. The Balaban J connectivity index is 2.19. The number of carbonyl (C=O) groups is 2. The number of phenolic OH excluding ortho intramolecular Hbond substituents is 1. The monoisotopic (exact) mass is 400 g/mol. The van der Waals surface area contributed by atoms with Crippen LogP contribution >= 0.6 is 0 Å². The van der Waals surface area contributed by atoms with Crippen molar-refractivity contribution in [3.63, 3.8) is 0 Å². The highest BCUT2D eigenvalue weighted by Gasteiger charge is 2.28. The van der Waals surface area contributed by atoms with Crippen molar-refractivity contribution in [2.24, 2.45) is 0 Å². The zero-order chi connectivity index (χ0) is 21.1. The molecule has 2 aromatic carbocycles. The largest absolute Gasteiger partial charge is 0.507 e. The van der Waals surface area contributed by atoms with E-state index in [1.54, 1.807) is 37.3 Å². The number of carbonyl (C=O) groups excluding carboxylic acids is 2. The maximum atomic E-state index is 12.8. The van der Waals surface area contributed by atoms with Gasteiger partial charge in [-0.3, -0.25) is 4.79 Å². The molecule has 7 nitrogen and oxygen atoms in total. The van der Waals surface area contributed by atoms with Gasteiger partial charge >= 0.3 is 5.97 Å². The Morgan fingerprint density at radius 3 is 2.59 bits per heavy atom. The third kappa shape index (κ3) is 4.41. The summed E-state index contributed by atoms with van der Waals surface area (Å²) in [7, 11) is 1.44. The molecule has 154 valence electrons. The summed E-state index contributed by atoms with van der Waals surface area (Å²) >= 11 is 0. The fourth-order valence-electron chi connectivity index (χ4n) is 3.42. The molecule has 7 heteroatoms. The van der Waals surface area contributed by atoms with E-state index in [1.165, 1.54) is 13.2 Å². The van der Waals surface area contributed by atoms with Crippen LogP contribution in [0.1, 0.15) is 48.2 Å². The second kappa shape index (κ2) is 8.63. The number of aliphatic hydroxyl groups is 2. The van der Waals surface area contributed by atoms with Gasteiger partial charge in [0.05, 0.1) is 13.2 Å². The fraction of sp³-hybridized carbons (Fsp3) is 0.364. The first-order valence-electron chi connectivity index (χ1n) is 9.43. The molecule has 3 N–H and O–H groups in total. The van der Waals surface area contributed by atoms with Crippen molar-refractivity contribution in [1.82, 2.24) is 0 Å². The van der Waals surface area contributed by atoms with Gasteiger partial charge < -0.3 is 24.8 Å². The molecule has 0 aliphatic carbocycles. The fourth-order valence-corrected chi connectivity index (χ4v) is 3.42. The molecule has 0 unspecified atom stereocenters. The van der Waals surface area contributed by atoms with E-state index in [9.17, 15) is 24.9 Å². The van der Waals surface area contributed by atoms with Gasteiger partial charge in [0.1, 0.15) is 29.3 Å². The van der Waals surface area contributed by atoms with Gasteiger partial charge in [0.2, 0.25) is 0 Å². The van der Waals surface area contributed by atoms with Gasteiger partial charge in [-0.25, -0.2) is 4.79 Å². The number of fused-ring (bicyclic) bond motifs is 4. The van der Waals surface area contributed by atoms with Gasteiger partial charge in [0.25, 0.3) is 0 Å². The molecule has 0 aromatic heterocycles. The minimum Gasteiger partial charge on any atom is -0.507 e. The predicted molar refractivity (Wildman–Crippen MR) is 105 cm³/mol. The highest BCUT2D eigenvalue weighted by Crippen LogP contribution is 2.37. The Kier molecular flexibility index (Phi) is 6.20. The quantitative estimate of drug-likeness (QED) is 0.631. The molecule has 29 heavy (non-hydrogen) atoms. The number of methoxy groups -OCH3 is 1. The number of esters is 1. The van der Waals surface area contributed by atoms with Gasteiger partial charge in [-0.1, -0.05) is 18.2 Å². The van der Waals surface area contributed by atoms with E-state index in [-0.39, 0.29) is 17.7 Å². The van der Waals surface area contributed by atoms with Crippen LogP contribution in [0.5, 0.6) is 11.5 Å². The smallest absolute Gasteiger partial charge is 0.342 e. The molecule has 0 amide bonds. The van der Waals surface area contributed by atoms with Crippen LogP contribution in [0.2, 0.25) is 0 Å². The maximum Gasteiger partial charge on any atom is 0.342 e. The lowest BCUT2D eigenvalue weighted by Gasteiger charge is -2.21. The van der Waals surface area contributed by atoms with Crippen molar-refractivity contribution in [1.29, 1.82) is 0 Å². The lowest BCUT2D eigenvalue weighted by molar-refractivity contribution is -0.133. The number of aliphatic hydroxyl groups excluding tert-OH is 2. The number of ether oxygens (including phenoxy) is 2. The Bertz CT molecular complexity index is 921. The first-order chi connectivity index (χ1) is 13.8. The standard InChI is InChI=1S/C22H24O7/c1-12-5-3-8-17(23)21(26)20(25)14-7-4-6-13(9-14)16-10-15(28-2)11-18(24)19(16)22(27)29-12/h4,6-7,9-12,20-21,24-26H,3,5,8H2,1-2H3/t12-,20-,21+/m0/s1. The summed E-state index contributed by atoms with van der Waals surface area (Å²) in [5.41, 5.74) is 1.14. The molecule has 1 aliphatic heterocycles. The highest BCUT2D eigenvalue weighted by molar-refractivity contribution is 6.00. The van der Waals surface area contributed by atoms with Crippen molar-refractivity contribution in [3.8, 4) is 22.6 Å². The van der Waals surface area contributed by atoms with Crippen LogP contribution in [0, 0.1) is 0 Å². The minimum absolute atomic E-state index is 0.0158. The lowest BCUT2D eigenvalue weighted by atomic mass is 9.92. The molecular formula is C22H24O7. The number of benzene rings is 2. The number of hydrogen-bond acceptors (Lipinski definition) is 7. The summed E-state index contributed by atoms with van der Waals surface area (Å²) in [5, 5.41) is 31.2. The first-order valence-corrected chi connectivity index (χ1v) is 9.43. The summed E-state index contributed by atoms with van der Waals surface area (Å²) in [5.74, 6) is -1.12. The number of phenols is 1. The Morgan fingerprint density at radius 2 is 1.86 bits per heavy atom. The van der Waals surface area contributed by atoms with E-state index in [4.69, 9.17) is 9.47 Å². The molecule has 1 aliphatic rings. The normalized spacial score (nSPS) is 23.0. The van der Waals surface area contributed by atoms with E-state index in [0.717, 1.165) is 0 Å². The van der Waals surface area contributed by atoms with Crippen molar-refractivity contribution in [2.45, 2.75) is 44.5 Å². The molecule has 2 aromatic rings. The molecule has 0 spiro atoms. The Hall–Kier alpha value is -2.90. The Labute approximate surface area is 168 Å². The predicted octanol–water partition coefficient (Wildman–Crippen LogP) is 2.76. The zero-order valence-corrected chi connectivity index (χ0v) is 16.3. The van der Waals surface area contributed by atoms with Crippen LogP contribution in [0.15, 0.2) is 36.4 Å². The second-order valence-electron chi connectivity index (χ2n) is 7.16. The average Bonchev–Trinajstić information content (AvgIpc) is 2.71. The molecule has 0 fully saturated rings. The molecule has 0 radical (unpaired) electrons. The van der Waals surface area contributed by atoms with Crippen molar-refractivity contribution >= 4 is 11.8 Å². The van der Waals surface area contributed by atoms with Crippen molar-refractivity contribution in [2.75, 3.05) is 7.11 Å².